The van der Waals surface area contributed by atoms with Crippen LogP contribution in [0.1, 0.15) is 11.5 Å². The molecule has 1 aromatic rings. The first-order chi connectivity index (χ1) is 6.29. The number of likely N-dealkylation sites (N-methyl/N-ethyl adjacent to an activating group) is 1. The van der Waals surface area contributed by atoms with Gasteiger partial charge in [0.1, 0.15) is 0 Å². The van der Waals surface area contributed by atoms with E-state index in [1.807, 2.05) is 6.07 Å². The lowest BCUT2D eigenvalue weighted by molar-refractivity contribution is -0.121. The van der Waals surface area contributed by atoms with E-state index in [-0.39, 0.29) is 11.8 Å². The fourth-order valence-electron chi connectivity index (χ4n) is 1.15. The number of hydrogen-bond donors (Lipinski definition) is 2. The third-order valence-corrected chi connectivity index (χ3v) is 1.89. The molecular formula is C9H13N3O. The summed E-state index contributed by atoms with van der Waals surface area (Å²) in [4.78, 5) is 15.3. The Morgan fingerprint density at radius 2 is 2.54 bits per heavy atom. The Hall–Kier alpha value is -1.42. The normalized spacial score (nSPS) is 12.2. The highest BCUT2D eigenvalue weighted by molar-refractivity contribution is 5.83. The van der Waals surface area contributed by atoms with Gasteiger partial charge in [0.2, 0.25) is 5.91 Å². The molecule has 0 unspecified atom stereocenters. The molecule has 4 heteroatoms. The van der Waals surface area contributed by atoms with Crippen molar-refractivity contribution < 1.29 is 4.79 Å². The number of aromatic nitrogens is 1. The molecule has 1 atom stereocenters. The summed E-state index contributed by atoms with van der Waals surface area (Å²) in [6.45, 7) is 0.297. The lowest BCUT2D eigenvalue weighted by atomic mass is 10.0. The van der Waals surface area contributed by atoms with Gasteiger partial charge in [-0.25, -0.2) is 0 Å². The first-order valence-electron chi connectivity index (χ1n) is 4.11. The number of nitrogens with two attached hydrogens (primary N) is 1. The molecule has 1 aromatic heterocycles. The SMILES string of the molecule is CNC(=O)[C@@H](CN)c1cccnc1. The van der Waals surface area contributed by atoms with Gasteiger partial charge in [0.15, 0.2) is 0 Å². The molecule has 0 spiro atoms. The third kappa shape index (κ3) is 2.26. The van der Waals surface area contributed by atoms with Crippen molar-refractivity contribution in [3.8, 4) is 0 Å². The molecule has 0 aliphatic heterocycles. The van der Waals surface area contributed by atoms with Crippen molar-refractivity contribution in [2.45, 2.75) is 5.92 Å². The second-order valence-corrected chi connectivity index (χ2v) is 2.69. The van der Waals surface area contributed by atoms with Gasteiger partial charge < -0.3 is 11.1 Å². The van der Waals surface area contributed by atoms with Gasteiger partial charge in [-0.15, -0.1) is 0 Å². The predicted molar refractivity (Wildman–Crippen MR) is 50.1 cm³/mol. The molecule has 0 aliphatic rings. The summed E-state index contributed by atoms with van der Waals surface area (Å²) in [7, 11) is 1.60. The first-order valence-corrected chi connectivity index (χ1v) is 4.11. The molecule has 1 heterocycles. The molecule has 0 aromatic carbocycles. The maximum absolute atomic E-state index is 11.3. The minimum atomic E-state index is -0.293. The zero-order valence-corrected chi connectivity index (χ0v) is 7.53. The van der Waals surface area contributed by atoms with E-state index in [1.54, 1.807) is 25.5 Å². The number of pyridine rings is 1. The summed E-state index contributed by atoms with van der Waals surface area (Å²) in [5.41, 5.74) is 6.34. The van der Waals surface area contributed by atoms with Crippen molar-refractivity contribution in [2.24, 2.45) is 5.73 Å². The van der Waals surface area contributed by atoms with Gasteiger partial charge in [-0.3, -0.25) is 9.78 Å². The van der Waals surface area contributed by atoms with E-state index in [9.17, 15) is 4.79 Å². The van der Waals surface area contributed by atoms with Gasteiger partial charge in [-0.2, -0.15) is 0 Å². The Bertz CT molecular complexity index is 273. The van der Waals surface area contributed by atoms with E-state index in [2.05, 4.69) is 10.3 Å². The lowest BCUT2D eigenvalue weighted by Gasteiger charge is -2.12. The van der Waals surface area contributed by atoms with E-state index < -0.39 is 0 Å². The van der Waals surface area contributed by atoms with Crippen LogP contribution in [0.25, 0.3) is 0 Å². The van der Waals surface area contributed by atoms with Crippen LogP contribution < -0.4 is 11.1 Å². The molecule has 0 bridgehead atoms. The van der Waals surface area contributed by atoms with Crippen LogP contribution in [0.15, 0.2) is 24.5 Å². The topological polar surface area (TPSA) is 68.0 Å². The van der Waals surface area contributed by atoms with E-state index in [0.29, 0.717) is 6.54 Å². The lowest BCUT2D eigenvalue weighted by Crippen LogP contribution is -2.30. The predicted octanol–water partition coefficient (Wildman–Crippen LogP) is -0.130. The molecule has 0 saturated heterocycles. The Morgan fingerprint density at radius 1 is 1.77 bits per heavy atom. The van der Waals surface area contributed by atoms with Crippen molar-refractivity contribution >= 4 is 5.91 Å². The molecule has 70 valence electrons. The van der Waals surface area contributed by atoms with Crippen LogP contribution in [-0.4, -0.2) is 24.5 Å². The maximum atomic E-state index is 11.3. The second-order valence-electron chi connectivity index (χ2n) is 2.69. The Kier molecular flexibility index (Phi) is 3.40. The number of rotatable bonds is 3. The van der Waals surface area contributed by atoms with E-state index in [1.165, 1.54) is 0 Å². The van der Waals surface area contributed by atoms with Crippen molar-refractivity contribution in [1.82, 2.24) is 10.3 Å². The second kappa shape index (κ2) is 4.57. The minimum absolute atomic E-state index is 0.0736. The van der Waals surface area contributed by atoms with Gasteiger partial charge in [0, 0.05) is 26.0 Å². The van der Waals surface area contributed by atoms with E-state index >= 15 is 0 Å². The van der Waals surface area contributed by atoms with Crippen LogP contribution in [0.3, 0.4) is 0 Å². The molecule has 4 nitrogen and oxygen atoms in total. The molecular weight excluding hydrogens is 166 g/mol. The number of hydrogen-bond acceptors (Lipinski definition) is 3. The van der Waals surface area contributed by atoms with Crippen molar-refractivity contribution in [2.75, 3.05) is 13.6 Å². The number of nitrogens with one attached hydrogen (secondary N) is 1. The van der Waals surface area contributed by atoms with Crippen LogP contribution >= 0.6 is 0 Å². The summed E-state index contributed by atoms with van der Waals surface area (Å²) in [5, 5.41) is 2.57. The number of amides is 1. The zero-order chi connectivity index (χ0) is 9.68. The van der Waals surface area contributed by atoms with Crippen LogP contribution in [-0.2, 0) is 4.79 Å². The Morgan fingerprint density at radius 3 is 3.00 bits per heavy atom. The zero-order valence-electron chi connectivity index (χ0n) is 7.53. The van der Waals surface area contributed by atoms with Crippen LogP contribution in [0.5, 0.6) is 0 Å². The van der Waals surface area contributed by atoms with Crippen molar-refractivity contribution in [3.05, 3.63) is 30.1 Å². The number of nitrogens with zero attached hydrogens (tertiary/aromatic N) is 1. The van der Waals surface area contributed by atoms with Crippen molar-refractivity contribution in [1.29, 1.82) is 0 Å². The molecule has 13 heavy (non-hydrogen) atoms. The monoisotopic (exact) mass is 179 g/mol. The molecule has 0 aliphatic carbocycles. The molecule has 1 rings (SSSR count). The standard InChI is InChI=1S/C9H13N3O/c1-11-9(13)8(5-10)7-3-2-4-12-6-7/h2-4,6,8H,5,10H2,1H3,(H,11,13)/t8-/m0/s1. The van der Waals surface area contributed by atoms with Crippen LogP contribution in [0, 0.1) is 0 Å². The van der Waals surface area contributed by atoms with E-state index in [4.69, 9.17) is 5.73 Å². The molecule has 3 N–H and O–H groups in total. The highest BCUT2D eigenvalue weighted by atomic mass is 16.1. The summed E-state index contributed by atoms with van der Waals surface area (Å²) in [6.07, 6.45) is 3.33. The largest absolute Gasteiger partial charge is 0.359 e. The summed E-state index contributed by atoms with van der Waals surface area (Å²) >= 11 is 0. The fourth-order valence-corrected chi connectivity index (χ4v) is 1.15. The van der Waals surface area contributed by atoms with Gasteiger partial charge in [0.25, 0.3) is 0 Å². The average Bonchev–Trinajstić information content (AvgIpc) is 2.20. The van der Waals surface area contributed by atoms with Crippen LogP contribution in [0.4, 0.5) is 0 Å². The summed E-state index contributed by atoms with van der Waals surface area (Å²) in [5.74, 6) is -0.366. The minimum Gasteiger partial charge on any atom is -0.359 e. The highest BCUT2D eigenvalue weighted by Crippen LogP contribution is 2.12. The first kappa shape index (κ1) is 9.67. The quantitative estimate of drug-likeness (QED) is 0.679. The van der Waals surface area contributed by atoms with Gasteiger partial charge >= 0.3 is 0 Å². The molecule has 0 saturated carbocycles. The van der Waals surface area contributed by atoms with Gasteiger partial charge in [0.05, 0.1) is 5.92 Å². The maximum Gasteiger partial charge on any atom is 0.228 e. The summed E-state index contributed by atoms with van der Waals surface area (Å²) in [6, 6.07) is 3.64. The van der Waals surface area contributed by atoms with Crippen LogP contribution in [0.2, 0.25) is 0 Å². The number of carbonyl (C=O) groups excluding carboxylic acids is 1. The fraction of sp³-hybridized carbons (Fsp3) is 0.333. The summed E-state index contributed by atoms with van der Waals surface area (Å²) < 4.78 is 0. The van der Waals surface area contributed by atoms with Gasteiger partial charge in [-0.05, 0) is 11.6 Å². The average molecular weight is 179 g/mol. The molecule has 0 fully saturated rings. The van der Waals surface area contributed by atoms with Gasteiger partial charge in [-0.1, -0.05) is 6.07 Å². The van der Waals surface area contributed by atoms with E-state index in [0.717, 1.165) is 5.56 Å². The molecule has 1 amide bonds. The Labute approximate surface area is 77.2 Å². The Balaban J connectivity index is 2.85. The molecule has 0 radical (unpaired) electrons. The third-order valence-electron chi connectivity index (χ3n) is 1.89. The highest BCUT2D eigenvalue weighted by Gasteiger charge is 2.16. The van der Waals surface area contributed by atoms with Crippen molar-refractivity contribution in [3.63, 3.8) is 0 Å². The smallest absolute Gasteiger partial charge is 0.228 e. The number of carbonyl (C=O) groups is 1.